The van der Waals surface area contributed by atoms with Gasteiger partial charge in [0.25, 0.3) is 0 Å². The third kappa shape index (κ3) is 3.56. The van der Waals surface area contributed by atoms with Crippen molar-refractivity contribution in [2.24, 2.45) is 11.7 Å². The fraction of sp³-hybridized carbons (Fsp3) is 1.00. The highest BCUT2D eigenvalue weighted by Gasteiger charge is 2.20. The Morgan fingerprint density at radius 2 is 2.07 bits per heavy atom. The lowest BCUT2D eigenvalue weighted by molar-refractivity contribution is 0.0367. The van der Waals surface area contributed by atoms with E-state index in [-0.39, 0.29) is 0 Å². The summed E-state index contributed by atoms with van der Waals surface area (Å²) in [5.74, 6) is 0.675. The molecule has 1 aliphatic heterocycles. The molecule has 0 bridgehead atoms. The van der Waals surface area contributed by atoms with E-state index in [1.54, 1.807) is 0 Å². The molecule has 1 fully saturated rings. The van der Waals surface area contributed by atoms with Gasteiger partial charge in [0.1, 0.15) is 0 Å². The smallest absolute Gasteiger partial charge is 0.0595 e. The molecule has 1 saturated heterocycles. The first-order valence-electron chi connectivity index (χ1n) is 5.75. The number of ether oxygens (including phenoxy) is 1. The highest BCUT2D eigenvalue weighted by Crippen LogP contribution is 2.14. The van der Waals surface area contributed by atoms with Crippen LogP contribution >= 0.6 is 0 Å². The molecule has 0 radical (unpaired) electrons. The van der Waals surface area contributed by atoms with Gasteiger partial charge in [0.05, 0.1) is 6.10 Å². The number of likely N-dealkylation sites (tertiary alicyclic amines) is 1. The highest BCUT2D eigenvalue weighted by molar-refractivity contribution is 4.74. The summed E-state index contributed by atoms with van der Waals surface area (Å²) in [5, 5.41) is 0. The van der Waals surface area contributed by atoms with Gasteiger partial charge in [0.15, 0.2) is 0 Å². The molecule has 0 aliphatic carbocycles. The van der Waals surface area contributed by atoms with E-state index in [0.717, 1.165) is 6.54 Å². The summed E-state index contributed by atoms with van der Waals surface area (Å²) in [6.45, 7) is 6.56. The number of rotatable bonds is 5. The minimum Gasteiger partial charge on any atom is -0.381 e. The number of piperidine rings is 1. The summed E-state index contributed by atoms with van der Waals surface area (Å²) < 4.78 is 5.35. The second-order valence-electron chi connectivity index (χ2n) is 4.25. The van der Waals surface area contributed by atoms with Crippen LogP contribution in [0.5, 0.6) is 0 Å². The zero-order valence-electron chi connectivity index (χ0n) is 9.54. The Morgan fingerprint density at radius 1 is 1.43 bits per heavy atom. The van der Waals surface area contributed by atoms with Crippen molar-refractivity contribution < 1.29 is 4.74 Å². The van der Waals surface area contributed by atoms with Gasteiger partial charge in [0.2, 0.25) is 0 Å². The largest absolute Gasteiger partial charge is 0.381 e. The molecule has 0 amide bonds. The van der Waals surface area contributed by atoms with Gasteiger partial charge in [0, 0.05) is 26.7 Å². The second-order valence-corrected chi connectivity index (χ2v) is 4.25. The maximum absolute atomic E-state index is 5.70. The molecule has 3 heteroatoms. The van der Waals surface area contributed by atoms with E-state index >= 15 is 0 Å². The van der Waals surface area contributed by atoms with Crippen LogP contribution in [0.3, 0.4) is 0 Å². The van der Waals surface area contributed by atoms with E-state index < -0.39 is 0 Å². The molecule has 0 aromatic heterocycles. The van der Waals surface area contributed by atoms with E-state index in [9.17, 15) is 0 Å². The molecule has 84 valence electrons. The van der Waals surface area contributed by atoms with Crippen molar-refractivity contribution in [3.05, 3.63) is 0 Å². The van der Waals surface area contributed by atoms with Gasteiger partial charge in [-0.3, -0.25) is 0 Å². The van der Waals surface area contributed by atoms with Gasteiger partial charge in [-0.15, -0.1) is 0 Å². The zero-order chi connectivity index (χ0) is 10.4. The first-order valence-corrected chi connectivity index (χ1v) is 5.75. The Kier molecular flexibility index (Phi) is 5.45. The molecule has 1 unspecified atom stereocenters. The average Bonchev–Trinajstić information content (AvgIpc) is 2.26. The van der Waals surface area contributed by atoms with Crippen LogP contribution in [-0.2, 0) is 4.74 Å². The summed E-state index contributed by atoms with van der Waals surface area (Å²) in [6, 6.07) is 0. The number of methoxy groups -OCH3 is 1. The molecule has 0 spiro atoms. The standard InChI is InChI=1S/C11H24N2O/c1-3-10(8-12)9-13-6-4-11(14-2)5-7-13/h10-11H,3-9,12H2,1-2H3. The van der Waals surface area contributed by atoms with E-state index in [2.05, 4.69) is 11.8 Å². The Balaban J connectivity index is 2.21. The van der Waals surface area contributed by atoms with Gasteiger partial charge < -0.3 is 15.4 Å². The normalized spacial score (nSPS) is 22.5. The van der Waals surface area contributed by atoms with E-state index in [4.69, 9.17) is 10.5 Å². The number of nitrogens with zero attached hydrogens (tertiary/aromatic N) is 1. The zero-order valence-corrected chi connectivity index (χ0v) is 9.54. The van der Waals surface area contributed by atoms with Gasteiger partial charge in [-0.2, -0.15) is 0 Å². The molecule has 1 heterocycles. The molecule has 0 aromatic carbocycles. The van der Waals surface area contributed by atoms with Crippen LogP contribution in [0.1, 0.15) is 26.2 Å². The van der Waals surface area contributed by atoms with Crippen molar-refractivity contribution in [3.8, 4) is 0 Å². The molecule has 3 nitrogen and oxygen atoms in total. The van der Waals surface area contributed by atoms with Crippen LogP contribution in [0.4, 0.5) is 0 Å². The van der Waals surface area contributed by atoms with Crippen molar-refractivity contribution in [2.45, 2.75) is 32.3 Å². The van der Waals surface area contributed by atoms with Crippen molar-refractivity contribution in [1.82, 2.24) is 4.90 Å². The fourth-order valence-electron chi connectivity index (χ4n) is 2.06. The van der Waals surface area contributed by atoms with Crippen LogP contribution in [0, 0.1) is 5.92 Å². The van der Waals surface area contributed by atoms with Crippen LogP contribution < -0.4 is 5.73 Å². The lowest BCUT2D eigenvalue weighted by Crippen LogP contribution is -2.40. The number of nitrogens with two attached hydrogens (primary N) is 1. The third-order valence-electron chi connectivity index (χ3n) is 3.30. The molecular formula is C11H24N2O. The molecule has 14 heavy (non-hydrogen) atoms. The van der Waals surface area contributed by atoms with E-state index in [1.807, 2.05) is 7.11 Å². The molecule has 0 aromatic rings. The monoisotopic (exact) mass is 200 g/mol. The molecule has 1 atom stereocenters. The predicted octanol–water partition coefficient (Wildman–Crippen LogP) is 1.08. The first kappa shape index (κ1) is 12.0. The summed E-state index contributed by atoms with van der Waals surface area (Å²) in [7, 11) is 1.81. The lowest BCUT2D eigenvalue weighted by atomic mass is 10.0. The minimum absolute atomic E-state index is 0.490. The maximum atomic E-state index is 5.70. The molecular weight excluding hydrogens is 176 g/mol. The van der Waals surface area contributed by atoms with Crippen molar-refractivity contribution in [3.63, 3.8) is 0 Å². The van der Waals surface area contributed by atoms with Gasteiger partial charge >= 0.3 is 0 Å². The summed E-state index contributed by atoms with van der Waals surface area (Å²) in [5.41, 5.74) is 5.70. The summed E-state index contributed by atoms with van der Waals surface area (Å²) >= 11 is 0. The van der Waals surface area contributed by atoms with E-state index in [1.165, 1.54) is 38.9 Å². The van der Waals surface area contributed by atoms with Crippen LogP contribution in [-0.4, -0.2) is 44.3 Å². The van der Waals surface area contributed by atoms with E-state index in [0.29, 0.717) is 12.0 Å². The minimum atomic E-state index is 0.490. The predicted molar refractivity (Wildman–Crippen MR) is 59.3 cm³/mol. The Labute approximate surface area is 87.6 Å². The van der Waals surface area contributed by atoms with Crippen LogP contribution in [0.25, 0.3) is 0 Å². The Hall–Kier alpha value is -0.120. The fourth-order valence-corrected chi connectivity index (χ4v) is 2.06. The van der Waals surface area contributed by atoms with Crippen molar-refractivity contribution in [2.75, 3.05) is 33.3 Å². The first-order chi connectivity index (χ1) is 6.80. The van der Waals surface area contributed by atoms with Gasteiger partial charge in [-0.05, 0) is 25.3 Å². The van der Waals surface area contributed by atoms with Gasteiger partial charge in [-0.1, -0.05) is 13.3 Å². The summed E-state index contributed by atoms with van der Waals surface area (Å²) in [4.78, 5) is 2.52. The number of hydrogen-bond donors (Lipinski definition) is 1. The Bertz CT molecular complexity index is 140. The van der Waals surface area contributed by atoms with Gasteiger partial charge in [-0.25, -0.2) is 0 Å². The second kappa shape index (κ2) is 6.38. The number of hydrogen-bond acceptors (Lipinski definition) is 3. The Morgan fingerprint density at radius 3 is 2.50 bits per heavy atom. The lowest BCUT2D eigenvalue weighted by Gasteiger charge is -2.33. The SMILES string of the molecule is CCC(CN)CN1CCC(OC)CC1. The van der Waals surface area contributed by atoms with Crippen molar-refractivity contribution >= 4 is 0 Å². The molecule has 2 N–H and O–H groups in total. The topological polar surface area (TPSA) is 38.5 Å². The third-order valence-corrected chi connectivity index (χ3v) is 3.30. The molecule has 0 saturated carbocycles. The quantitative estimate of drug-likeness (QED) is 0.722. The summed E-state index contributed by atoms with van der Waals surface area (Å²) in [6.07, 6.45) is 4.04. The highest BCUT2D eigenvalue weighted by atomic mass is 16.5. The molecule has 1 aliphatic rings. The van der Waals surface area contributed by atoms with Crippen LogP contribution in [0.15, 0.2) is 0 Å². The van der Waals surface area contributed by atoms with Crippen LogP contribution in [0.2, 0.25) is 0 Å². The molecule has 1 rings (SSSR count). The average molecular weight is 200 g/mol. The maximum Gasteiger partial charge on any atom is 0.0595 e. The van der Waals surface area contributed by atoms with Crippen molar-refractivity contribution in [1.29, 1.82) is 0 Å².